The molecule has 0 N–H and O–H groups in total. The zero-order valence-electron chi connectivity index (χ0n) is 15.6. The van der Waals surface area contributed by atoms with Gasteiger partial charge in [-0.3, -0.25) is 0 Å². The van der Waals surface area contributed by atoms with Gasteiger partial charge in [0.2, 0.25) is 5.90 Å². The van der Waals surface area contributed by atoms with Crippen LogP contribution in [0.1, 0.15) is 37.8 Å². The SMILES string of the molecule is CCCCOc1ccc(C=C2N=C(c3ccccc3)OC2=O)cc1OCC. The lowest BCUT2D eigenvalue weighted by Crippen LogP contribution is -2.05. The fourth-order valence-electron chi connectivity index (χ4n) is 2.60. The smallest absolute Gasteiger partial charge is 0.363 e. The van der Waals surface area contributed by atoms with Crippen LogP contribution < -0.4 is 9.47 Å². The normalized spacial score (nSPS) is 14.8. The van der Waals surface area contributed by atoms with Crippen LogP contribution in [0.2, 0.25) is 0 Å². The molecule has 1 heterocycles. The fraction of sp³-hybridized carbons (Fsp3) is 0.273. The Bertz CT molecular complexity index is 856. The molecule has 2 aromatic rings. The topological polar surface area (TPSA) is 57.1 Å². The number of rotatable bonds is 8. The molecule has 5 nitrogen and oxygen atoms in total. The van der Waals surface area contributed by atoms with Gasteiger partial charge >= 0.3 is 5.97 Å². The van der Waals surface area contributed by atoms with Gasteiger partial charge < -0.3 is 14.2 Å². The van der Waals surface area contributed by atoms with Crippen LogP contribution in [0.5, 0.6) is 11.5 Å². The summed E-state index contributed by atoms with van der Waals surface area (Å²) in [5.41, 5.74) is 1.83. The molecule has 27 heavy (non-hydrogen) atoms. The van der Waals surface area contributed by atoms with Crippen molar-refractivity contribution in [2.75, 3.05) is 13.2 Å². The van der Waals surface area contributed by atoms with Crippen molar-refractivity contribution in [3.8, 4) is 11.5 Å². The van der Waals surface area contributed by atoms with E-state index < -0.39 is 5.97 Å². The molecule has 1 aliphatic heterocycles. The summed E-state index contributed by atoms with van der Waals surface area (Å²) in [4.78, 5) is 16.5. The summed E-state index contributed by atoms with van der Waals surface area (Å²) in [6, 6.07) is 14.9. The minimum Gasteiger partial charge on any atom is -0.490 e. The Hall–Kier alpha value is -3.08. The van der Waals surface area contributed by atoms with Crippen LogP contribution >= 0.6 is 0 Å². The third-order valence-corrected chi connectivity index (χ3v) is 3.97. The van der Waals surface area contributed by atoms with E-state index in [2.05, 4.69) is 11.9 Å². The molecule has 5 heteroatoms. The first kappa shape index (κ1) is 18.7. The van der Waals surface area contributed by atoms with Crippen molar-refractivity contribution in [1.29, 1.82) is 0 Å². The van der Waals surface area contributed by atoms with E-state index in [-0.39, 0.29) is 5.70 Å². The zero-order chi connectivity index (χ0) is 19.1. The average molecular weight is 365 g/mol. The van der Waals surface area contributed by atoms with E-state index in [0.717, 1.165) is 24.0 Å². The molecular formula is C22H23NO4. The summed E-state index contributed by atoms with van der Waals surface area (Å²) in [7, 11) is 0. The molecule has 0 aromatic heterocycles. The van der Waals surface area contributed by atoms with Crippen LogP contribution in [-0.4, -0.2) is 25.1 Å². The van der Waals surface area contributed by atoms with Gasteiger partial charge in [0, 0.05) is 5.56 Å². The second-order valence-corrected chi connectivity index (χ2v) is 6.04. The maximum absolute atomic E-state index is 12.2. The predicted molar refractivity (Wildman–Crippen MR) is 105 cm³/mol. The van der Waals surface area contributed by atoms with Crippen molar-refractivity contribution in [3.05, 3.63) is 65.4 Å². The highest BCUT2D eigenvalue weighted by atomic mass is 16.6. The van der Waals surface area contributed by atoms with Crippen LogP contribution in [0.3, 0.4) is 0 Å². The maximum atomic E-state index is 12.2. The number of carbonyl (C=O) groups is 1. The summed E-state index contributed by atoms with van der Waals surface area (Å²) in [5.74, 6) is 1.21. The van der Waals surface area contributed by atoms with E-state index in [4.69, 9.17) is 14.2 Å². The highest BCUT2D eigenvalue weighted by Crippen LogP contribution is 2.30. The Kier molecular flexibility index (Phi) is 6.26. The van der Waals surface area contributed by atoms with Gasteiger partial charge in [0.15, 0.2) is 17.2 Å². The van der Waals surface area contributed by atoms with Gasteiger partial charge in [-0.2, -0.15) is 0 Å². The largest absolute Gasteiger partial charge is 0.490 e. The highest BCUT2D eigenvalue weighted by molar-refractivity contribution is 6.12. The molecule has 140 valence electrons. The molecule has 3 rings (SSSR count). The van der Waals surface area contributed by atoms with Crippen molar-refractivity contribution < 1.29 is 19.0 Å². The number of aliphatic imine (C=N–C) groups is 1. The number of carbonyl (C=O) groups excluding carboxylic acids is 1. The molecule has 0 aliphatic carbocycles. The molecule has 0 bridgehead atoms. The van der Waals surface area contributed by atoms with Gasteiger partial charge in [-0.25, -0.2) is 9.79 Å². The second-order valence-electron chi connectivity index (χ2n) is 6.04. The van der Waals surface area contributed by atoms with Gasteiger partial charge in [0.05, 0.1) is 13.2 Å². The molecule has 0 radical (unpaired) electrons. The summed E-state index contributed by atoms with van der Waals surface area (Å²) in [5, 5.41) is 0. The lowest BCUT2D eigenvalue weighted by molar-refractivity contribution is -0.129. The van der Waals surface area contributed by atoms with Crippen LogP contribution in [0, 0.1) is 0 Å². The zero-order valence-corrected chi connectivity index (χ0v) is 15.6. The van der Waals surface area contributed by atoms with Crippen molar-refractivity contribution >= 4 is 17.9 Å². The van der Waals surface area contributed by atoms with E-state index in [0.29, 0.717) is 30.6 Å². The van der Waals surface area contributed by atoms with Gasteiger partial charge in [0.25, 0.3) is 0 Å². The van der Waals surface area contributed by atoms with Crippen LogP contribution in [-0.2, 0) is 9.53 Å². The quantitative estimate of drug-likeness (QED) is 0.389. The number of hydrogen-bond donors (Lipinski definition) is 0. The number of unbranched alkanes of at least 4 members (excludes halogenated alkanes) is 1. The second kappa shape index (κ2) is 9.03. The number of hydrogen-bond acceptors (Lipinski definition) is 5. The Labute approximate surface area is 159 Å². The summed E-state index contributed by atoms with van der Waals surface area (Å²) in [6.07, 6.45) is 3.74. The van der Waals surface area contributed by atoms with Gasteiger partial charge in [0.1, 0.15) is 0 Å². The third-order valence-electron chi connectivity index (χ3n) is 3.97. The standard InChI is InChI=1S/C22H23NO4/c1-3-5-13-26-19-12-11-16(15-20(19)25-4-2)14-18-22(24)27-21(23-18)17-9-7-6-8-10-17/h6-12,14-15H,3-5,13H2,1-2H3. The minimum absolute atomic E-state index is 0.260. The number of benzene rings is 2. The molecule has 0 fully saturated rings. The van der Waals surface area contributed by atoms with Crippen molar-refractivity contribution in [2.45, 2.75) is 26.7 Å². The summed E-state index contributed by atoms with van der Waals surface area (Å²) < 4.78 is 16.8. The van der Waals surface area contributed by atoms with Gasteiger partial charge in [-0.1, -0.05) is 37.6 Å². The number of nitrogens with zero attached hydrogens (tertiary/aromatic N) is 1. The average Bonchev–Trinajstić information content (AvgIpc) is 3.05. The molecule has 0 unspecified atom stereocenters. The van der Waals surface area contributed by atoms with Crippen molar-refractivity contribution in [1.82, 2.24) is 0 Å². The first-order valence-corrected chi connectivity index (χ1v) is 9.19. The van der Waals surface area contributed by atoms with Gasteiger partial charge in [-0.05, 0) is 49.2 Å². The number of ether oxygens (including phenoxy) is 3. The monoisotopic (exact) mass is 365 g/mol. The first-order valence-electron chi connectivity index (χ1n) is 9.19. The Balaban J connectivity index is 1.84. The maximum Gasteiger partial charge on any atom is 0.363 e. The molecule has 0 spiro atoms. The summed E-state index contributed by atoms with van der Waals surface area (Å²) >= 11 is 0. The van der Waals surface area contributed by atoms with Crippen LogP contribution in [0.4, 0.5) is 0 Å². The van der Waals surface area contributed by atoms with E-state index in [1.54, 1.807) is 6.08 Å². The minimum atomic E-state index is -0.463. The van der Waals surface area contributed by atoms with Crippen LogP contribution in [0.15, 0.2) is 59.2 Å². The highest BCUT2D eigenvalue weighted by Gasteiger charge is 2.24. The molecule has 1 aliphatic rings. The molecule has 2 aromatic carbocycles. The first-order chi connectivity index (χ1) is 13.2. The third kappa shape index (κ3) is 4.76. The Morgan fingerprint density at radius 1 is 1.04 bits per heavy atom. The molecule has 0 atom stereocenters. The van der Waals surface area contributed by atoms with E-state index >= 15 is 0 Å². The molecule has 0 saturated carbocycles. The number of esters is 1. The molecular weight excluding hydrogens is 342 g/mol. The van der Waals surface area contributed by atoms with Crippen molar-refractivity contribution in [3.63, 3.8) is 0 Å². The lowest BCUT2D eigenvalue weighted by Gasteiger charge is -2.12. The number of cyclic esters (lactones) is 1. The van der Waals surface area contributed by atoms with E-state index in [1.165, 1.54) is 0 Å². The predicted octanol–water partition coefficient (Wildman–Crippen LogP) is 4.61. The van der Waals surface area contributed by atoms with Crippen LogP contribution in [0.25, 0.3) is 6.08 Å². The summed E-state index contributed by atoms with van der Waals surface area (Å²) in [6.45, 7) is 5.22. The Morgan fingerprint density at radius 2 is 1.85 bits per heavy atom. The van der Waals surface area contributed by atoms with E-state index in [1.807, 2.05) is 55.5 Å². The molecule has 0 saturated heterocycles. The fourth-order valence-corrected chi connectivity index (χ4v) is 2.60. The Morgan fingerprint density at radius 3 is 2.59 bits per heavy atom. The lowest BCUT2D eigenvalue weighted by atomic mass is 10.1. The van der Waals surface area contributed by atoms with Crippen molar-refractivity contribution in [2.24, 2.45) is 4.99 Å². The van der Waals surface area contributed by atoms with Gasteiger partial charge in [-0.15, -0.1) is 0 Å². The van der Waals surface area contributed by atoms with E-state index in [9.17, 15) is 4.79 Å². The molecule has 0 amide bonds.